The van der Waals surface area contributed by atoms with Crippen molar-refractivity contribution < 1.29 is 9.59 Å². The average molecular weight is 386 g/mol. The second-order valence-electron chi connectivity index (χ2n) is 6.33. The van der Waals surface area contributed by atoms with Crippen molar-refractivity contribution in [1.82, 2.24) is 4.57 Å². The fourth-order valence-electron chi connectivity index (χ4n) is 3.02. The Labute approximate surface area is 167 Å². The standard InChI is InChI=1S/C23H18N2O2S/c26-22(17-7-2-1-3-8-17)18-9-4-10-19(15-18)24-23(27)21-12-5-13-25(21)16-20-11-6-14-28-20/h1-15H,16H2,(H,24,27). The van der Waals surface area contributed by atoms with Crippen LogP contribution < -0.4 is 5.32 Å². The molecule has 0 radical (unpaired) electrons. The third-order valence-corrected chi connectivity index (χ3v) is 5.25. The van der Waals surface area contributed by atoms with Crippen LogP contribution in [0.1, 0.15) is 31.3 Å². The van der Waals surface area contributed by atoms with Crippen LogP contribution in [0, 0.1) is 0 Å². The summed E-state index contributed by atoms with van der Waals surface area (Å²) in [7, 11) is 0. The van der Waals surface area contributed by atoms with Crippen molar-refractivity contribution in [3.8, 4) is 0 Å². The van der Waals surface area contributed by atoms with Gasteiger partial charge in [-0.2, -0.15) is 0 Å². The highest BCUT2D eigenvalue weighted by Gasteiger charge is 2.14. The van der Waals surface area contributed by atoms with Gasteiger partial charge in [-0.05, 0) is 35.7 Å². The Morgan fingerprint density at radius 1 is 0.857 bits per heavy atom. The Morgan fingerprint density at radius 2 is 1.68 bits per heavy atom. The number of anilines is 1. The van der Waals surface area contributed by atoms with Gasteiger partial charge in [-0.1, -0.05) is 48.5 Å². The summed E-state index contributed by atoms with van der Waals surface area (Å²) in [5.41, 5.74) is 2.33. The number of benzene rings is 2. The van der Waals surface area contributed by atoms with Gasteiger partial charge in [0, 0.05) is 27.9 Å². The van der Waals surface area contributed by atoms with E-state index in [2.05, 4.69) is 5.32 Å². The number of carbonyl (C=O) groups excluding carboxylic acids is 2. The molecule has 0 fully saturated rings. The lowest BCUT2D eigenvalue weighted by atomic mass is 10.0. The summed E-state index contributed by atoms with van der Waals surface area (Å²) in [5, 5.41) is 4.92. The Bertz CT molecular complexity index is 1100. The number of rotatable bonds is 6. The summed E-state index contributed by atoms with van der Waals surface area (Å²) >= 11 is 1.66. The van der Waals surface area contributed by atoms with Crippen LogP contribution in [0.5, 0.6) is 0 Å². The number of ketones is 1. The third kappa shape index (κ3) is 3.94. The van der Waals surface area contributed by atoms with E-state index in [0.717, 1.165) is 0 Å². The monoisotopic (exact) mass is 386 g/mol. The Hall–Kier alpha value is -3.44. The number of aromatic nitrogens is 1. The van der Waals surface area contributed by atoms with E-state index in [1.54, 1.807) is 53.8 Å². The zero-order valence-electron chi connectivity index (χ0n) is 15.0. The second kappa shape index (κ2) is 8.06. The lowest BCUT2D eigenvalue weighted by molar-refractivity contribution is 0.101. The minimum Gasteiger partial charge on any atom is -0.338 e. The van der Waals surface area contributed by atoms with Crippen molar-refractivity contribution in [3.63, 3.8) is 0 Å². The molecule has 0 bridgehead atoms. The van der Waals surface area contributed by atoms with Crippen LogP contribution in [0.15, 0.2) is 90.4 Å². The van der Waals surface area contributed by atoms with Gasteiger partial charge in [0.1, 0.15) is 5.69 Å². The highest BCUT2D eigenvalue weighted by Crippen LogP contribution is 2.17. The van der Waals surface area contributed by atoms with Gasteiger partial charge in [0.15, 0.2) is 5.78 Å². The second-order valence-corrected chi connectivity index (χ2v) is 7.36. The van der Waals surface area contributed by atoms with Crippen LogP contribution in [0.4, 0.5) is 5.69 Å². The molecule has 2 heterocycles. The van der Waals surface area contributed by atoms with Crippen LogP contribution in [0.2, 0.25) is 0 Å². The van der Waals surface area contributed by atoms with E-state index in [0.29, 0.717) is 29.1 Å². The van der Waals surface area contributed by atoms with Gasteiger partial charge in [0.2, 0.25) is 0 Å². The Kier molecular flexibility index (Phi) is 5.17. The first kappa shape index (κ1) is 17.9. The molecule has 4 nitrogen and oxygen atoms in total. The molecule has 0 saturated heterocycles. The molecule has 2 aromatic carbocycles. The number of hydrogen-bond acceptors (Lipinski definition) is 3. The normalized spacial score (nSPS) is 10.6. The number of nitrogens with zero attached hydrogens (tertiary/aromatic N) is 1. The summed E-state index contributed by atoms with van der Waals surface area (Å²) in [6.07, 6.45) is 1.89. The molecule has 28 heavy (non-hydrogen) atoms. The van der Waals surface area contributed by atoms with Crippen LogP contribution >= 0.6 is 11.3 Å². The minimum atomic E-state index is -0.203. The number of amides is 1. The average Bonchev–Trinajstić information content (AvgIpc) is 3.41. The van der Waals surface area contributed by atoms with E-state index >= 15 is 0 Å². The largest absolute Gasteiger partial charge is 0.338 e. The minimum absolute atomic E-state index is 0.0715. The number of hydrogen-bond donors (Lipinski definition) is 1. The quantitative estimate of drug-likeness (QED) is 0.470. The molecule has 4 aromatic rings. The topological polar surface area (TPSA) is 51.1 Å². The van der Waals surface area contributed by atoms with Gasteiger partial charge in [-0.25, -0.2) is 0 Å². The van der Waals surface area contributed by atoms with Crippen molar-refractivity contribution >= 4 is 28.7 Å². The van der Waals surface area contributed by atoms with Crippen LogP contribution in [0.3, 0.4) is 0 Å². The third-order valence-electron chi connectivity index (χ3n) is 4.39. The van der Waals surface area contributed by atoms with E-state index in [4.69, 9.17) is 0 Å². The zero-order chi connectivity index (χ0) is 19.3. The summed E-state index contributed by atoms with van der Waals surface area (Å²) in [6.45, 7) is 0.653. The van der Waals surface area contributed by atoms with Crippen LogP contribution in [-0.4, -0.2) is 16.3 Å². The fourth-order valence-corrected chi connectivity index (χ4v) is 3.72. The molecule has 4 rings (SSSR count). The molecule has 0 aliphatic rings. The summed E-state index contributed by atoms with van der Waals surface area (Å²) in [5.74, 6) is -0.274. The maximum Gasteiger partial charge on any atom is 0.272 e. The van der Waals surface area contributed by atoms with Crippen LogP contribution in [-0.2, 0) is 6.54 Å². The predicted molar refractivity (Wildman–Crippen MR) is 112 cm³/mol. The predicted octanol–water partition coefficient (Wildman–Crippen LogP) is 5.08. The van der Waals surface area contributed by atoms with Gasteiger partial charge in [0.25, 0.3) is 5.91 Å². The Morgan fingerprint density at radius 3 is 2.46 bits per heavy atom. The van der Waals surface area contributed by atoms with Crippen molar-refractivity contribution in [2.75, 3.05) is 5.32 Å². The Balaban J connectivity index is 1.52. The van der Waals surface area contributed by atoms with Crippen molar-refractivity contribution in [3.05, 3.63) is 112 Å². The molecule has 0 aliphatic carbocycles. The molecule has 0 saturated carbocycles. The maximum absolute atomic E-state index is 12.8. The van der Waals surface area contributed by atoms with E-state index in [1.165, 1.54) is 4.88 Å². The van der Waals surface area contributed by atoms with Crippen molar-refractivity contribution in [2.45, 2.75) is 6.54 Å². The molecule has 0 unspecified atom stereocenters. The molecule has 0 atom stereocenters. The first-order chi connectivity index (χ1) is 13.7. The molecule has 0 spiro atoms. The molecular weight excluding hydrogens is 368 g/mol. The lowest BCUT2D eigenvalue weighted by Gasteiger charge is -2.10. The molecule has 2 aromatic heterocycles. The molecule has 5 heteroatoms. The van der Waals surface area contributed by atoms with Crippen LogP contribution in [0.25, 0.3) is 0 Å². The van der Waals surface area contributed by atoms with E-state index in [1.807, 2.05) is 52.5 Å². The summed E-state index contributed by atoms with van der Waals surface area (Å²) in [6, 6.07) is 23.8. The van der Waals surface area contributed by atoms with Gasteiger partial charge >= 0.3 is 0 Å². The number of nitrogens with one attached hydrogen (secondary N) is 1. The van der Waals surface area contributed by atoms with Gasteiger partial charge in [-0.15, -0.1) is 11.3 Å². The number of thiophene rings is 1. The zero-order valence-corrected chi connectivity index (χ0v) is 15.9. The molecule has 0 aliphatic heterocycles. The SMILES string of the molecule is O=C(c1ccccc1)c1cccc(NC(=O)c2cccn2Cc2cccs2)c1. The summed E-state index contributed by atoms with van der Waals surface area (Å²) in [4.78, 5) is 26.6. The molecule has 1 amide bonds. The number of carbonyl (C=O) groups is 2. The van der Waals surface area contributed by atoms with E-state index in [-0.39, 0.29) is 11.7 Å². The van der Waals surface area contributed by atoms with Gasteiger partial charge in [-0.3, -0.25) is 9.59 Å². The van der Waals surface area contributed by atoms with Gasteiger partial charge in [0.05, 0.1) is 6.54 Å². The summed E-state index contributed by atoms with van der Waals surface area (Å²) < 4.78 is 1.92. The highest BCUT2D eigenvalue weighted by atomic mass is 32.1. The van der Waals surface area contributed by atoms with Crippen molar-refractivity contribution in [2.24, 2.45) is 0 Å². The molecule has 138 valence electrons. The maximum atomic E-state index is 12.8. The first-order valence-corrected chi connectivity index (χ1v) is 9.77. The van der Waals surface area contributed by atoms with Gasteiger partial charge < -0.3 is 9.88 Å². The fraction of sp³-hybridized carbons (Fsp3) is 0.0435. The first-order valence-electron chi connectivity index (χ1n) is 8.89. The molecular formula is C23H18N2O2S. The van der Waals surface area contributed by atoms with E-state index in [9.17, 15) is 9.59 Å². The van der Waals surface area contributed by atoms with E-state index < -0.39 is 0 Å². The molecule has 1 N–H and O–H groups in total. The smallest absolute Gasteiger partial charge is 0.272 e. The van der Waals surface area contributed by atoms with Crippen molar-refractivity contribution in [1.29, 1.82) is 0 Å². The lowest BCUT2D eigenvalue weighted by Crippen LogP contribution is -2.17. The highest BCUT2D eigenvalue weighted by molar-refractivity contribution is 7.09.